The normalized spacial score (nSPS) is 18.3. The first-order valence-corrected chi connectivity index (χ1v) is 5.99. The first-order valence-electron chi connectivity index (χ1n) is 5.61. The summed E-state index contributed by atoms with van der Waals surface area (Å²) in [5.74, 6) is 0.817. The van der Waals surface area contributed by atoms with Crippen molar-refractivity contribution in [2.75, 3.05) is 7.11 Å². The van der Waals surface area contributed by atoms with Crippen LogP contribution in [0.1, 0.15) is 18.0 Å². The molecule has 1 aliphatic heterocycles. The SMILES string of the molecule is COc1ccc2nc(Cl)c(C3CC(=O)N3)cc2c1. The Morgan fingerprint density at radius 2 is 2.22 bits per heavy atom. The number of aromatic nitrogens is 1. The van der Waals surface area contributed by atoms with Crippen LogP contribution in [0.4, 0.5) is 0 Å². The lowest BCUT2D eigenvalue weighted by Gasteiger charge is -2.27. The number of ether oxygens (including phenoxy) is 1. The van der Waals surface area contributed by atoms with Gasteiger partial charge in [-0.05, 0) is 24.3 Å². The van der Waals surface area contributed by atoms with Crippen LogP contribution in [0, 0.1) is 0 Å². The molecule has 1 unspecified atom stereocenters. The van der Waals surface area contributed by atoms with Crippen LogP contribution in [-0.2, 0) is 4.79 Å². The number of carbonyl (C=O) groups is 1. The summed E-state index contributed by atoms with van der Waals surface area (Å²) in [6.07, 6.45) is 0.469. The molecule has 5 heteroatoms. The molecule has 2 aromatic rings. The molecule has 3 rings (SSSR count). The van der Waals surface area contributed by atoms with Gasteiger partial charge in [-0.15, -0.1) is 0 Å². The third-order valence-electron chi connectivity index (χ3n) is 3.10. The molecule has 1 N–H and O–H groups in total. The average Bonchev–Trinajstić information content (AvgIpc) is 2.34. The molecule has 1 atom stereocenters. The third kappa shape index (κ3) is 1.78. The zero-order valence-electron chi connectivity index (χ0n) is 9.74. The van der Waals surface area contributed by atoms with Gasteiger partial charge in [-0.2, -0.15) is 0 Å². The van der Waals surface area contributed by atoms with Gasteiger partial charge in [0.05, 0.1) is 25.1 Å². The maximum absolute atomic E-state index is 11.0. The molecule has 4 nitrogen and oxygen atoms in total. The fraction of sp³-hybridized carbons (Fsp3) is 0.231. The highest BCUT2D eigenvalue weighted by molar-refractivity contribution is 6.30. The molecule has 0 saturated carbocycles. The van der Waals surface area contributed by atoms with Gasteiger partial charge in [0, 0.05) is 10.9 Å². The molecule has 0 spiro atoms. The number of β-lactam (4-membered cyclic amide) rings is 1. The number of pyridine rings is 1. The molecule has 92 valence electrons. The summed E-state index contributed by atoms with van der Waals surface area (Å²) >= 11 is 6.14. The Hall–Kier alpha value is -1.81. The van der Waals surface area contributed by atoms with Gasteiger partial charge in [0.1, 0.15) is 10.9 Å². The van der Waals surface area contributed by atoms with Crippen LogP contribution in [-0.4, -0.2) is 18.0 Å². The minimum atomic E-state index is -0.0203. The second-order valence-electron chi connectivity index (χ2n) is 4.25. The second kappa shape index (κ2) is 4.14. The summed E-state index contributed by atoms with van der Waals surface area (Å²) in [5, 5.41) is 4.19. The summed E-state index contributed by atoms with van der Waals surface area (Å²) in [7, 11) is 1.62. The minimum Gasteiger partial charge on any atom is -0.497 e. The third-order valence-corrected chi connectivity index (χ3v) is 3.41. The number of nitrogens with zero attached hydrogens (tertiary/aromatic N) is 1. The van der Waals surface area contributed by atoms with Crippen molar-refractivity contribution in [3.63, 3.8) is 0 Å². The molecular formula is C13H11ClN2O2. The Morgan fingerprint density at radius 1 is 1.44 bits per heavy atom. The topological polar surface area (TPSA) is 51.2 Å². The zero-order chi connectivity index (χ0) is 12.7. The predicted octanol–water partition coefficient (Wildman–Crippen LogP) is 2.46. The largest absolute Gasteiger partial charge is 0.497 e. The molecule has 1 amide bonds. The summed E-state index contributed by atoms with van der Waals surface area (Å²) in [6, 6.07) is 7.55. The van der Waals surface area contributed by atoms with E-state index in [1.54, 1.807) is 7.11 Å². The van der Waals surface area contributed by atoms with E-state index in [1.165, 1.54) is 0 Å². The molecule has 2 heterocycles. The summed E-state index contributed by atoms with van der Waals surface area (Å²) in [6.45, 7) is 0. The van der Waals surface area contributed by atoms with Gasteiger partial charge in [-0.25, -0.2) is 4.98 Å². The molecule has 18 heavy (non-hydrogen) atoms. The number of carbonyl (C=O) groups excluding carboxylic acids is 1. The van der Waals surface area contributed by atoms with Crippen molar-refractivity contribution in [3.8, 4) is 5.75 Å². The number of hydrogen-bond donors (Lipinski definition) is 1. The van der Waals surface area contributed by atoms with Gasteiger partial charge in [0.25, 0.3) is 0 Å². The summed E-state index contributed by atoms with van der Waals surface area (Å²) in [4.78, 5) is 15.3. The van der Waals surface area contributed by atoms with Crippen LogP contribution >= 0.6 is 11.6 Å². The number of nitrogens with one attached hydrogen (secondary N) is 1. The molecule has 1 fully saturated rings. The molecule has 1 saturated heterocycles. The molecule has 0 aliphatic carbocycles. The Bertz CT molecular complexity index is 634. The number of fused-ring (bicyclic) bond motifs is 1. The molecule has 1 aromatic carbocycles. The van der Waals surface area contributed by atoms with Crippen molar-refractivity contribution >= 4 is 28.4 Å². The lowest BCUT2D eigenvalue weighted by molar-refractivity contribution is -0.128. The first kappa shape index (κ1) is 11.3. The van der Waals surface area contributed by atoms with E-state index in [2.05, 4.69) is 10.3 Å². The quantitative estimate of drug-likeness (QED) is 0.668. The second-order valence-corrected chi connectivity index (χ2v) is 4.61. The van der Waals surface area contributed by atoms with E-state index < -0.39 is 0 Å². The first-order chi connectivity index (χ1) is 8.67. The van der Waals surface area contributed by atoms with Crippen molar-refractivity contribution < 1.29 is 9.53 Å². The van der Waals surface area contributed by atoms with E-state index in [-0.39, 0.29) is 11.9 Å². The molecule has 1 aromatic heterocycles. The number of methoxy groups -OCH3 is 1. The van der Waals surface area contributed by atoms with E-state index in [9.17, 15) is 4.79 Å². The fourth-order valence-electron chi connectivity index (χ4n) is 2.07. The number of halogens is 1. The monoisotopic (exact) mass is 262 g/mol. The van der Waals surface area contributed by atoms with Crippen LogP contribution in [0.2, 0.25) is 5.15 Å². The molecule has 0 bridgehead atoms. The van der Waals surface area contributed by atoms with Crippen LogP contribution < -0.4 is 10.1 Å². The average molecular weight is 263 g/mol. The molecular weight excluding hydrogens is 252 g/mol. The van der Waals surface area contributed by atoms with Crippen molar-refractivity contribution in [2.45, 2.75) is 12.5 Å². The van der Waals surface area contributed by atoms with Crippen LogP contribution in [0.3, 0.4) is 0 Å². The van der Waals surface area contributed by atoms with Crippen molar-refractivity contribution in [2.24, 2.45) is 0 Å². The zero-order valence-corrected chi connectivity index (χ0v) is 10.5. The Kier molecular flexibility index (Phi) is 2.59. The Morgan fingerprint density at radius 3 is 2.89 bits per heavy atom. The fourth-order valence-corrected chi connectivity index (χ4v) is 2.34. The van der Waals surface area contributed by atoms with Gasteiger partial charge >= 0.3 is 0 Å². The highest BCUT2D eigenvalue weighted by atomic mass is 35.5. The van der Waals surface area contributed by atoms with Gasteiger partial charge in [0.15, 0.2) is 0 Å². The maximum atomic E-state index is 11.0. The smallest absolute Gasteiger partial charge is 0.222 e. The summed E-state index contributed by atoms with van der Waals surface area (Å²) < 4.78 is 5.18. The number of amides is 1. The van der Waals surface area contributed by atoms with Crippen molar-refractivity contribution in [3.05, 3.63) is 35.0 Å². The van der Waals surface area contributed by atoms with E-state index in [4.69, 9.17) is 16.3 Å². The number of rotatable bonds is 2. The van der Waals surface area contributed by atoms with Gasteiger partial charge in [-0.3, -0.25) is 4.79 Å². The van der Waals surface area contributed by atoms with Crippen LogP contribution in [0.15, 0.2) is 24.3 Å². The van der Waals surface area contributed by atoms with E-state index in [0.717, 1.165) is 22.2 Å². The lowest BCUT2D eigenvalue weighted by Crippen LogP contribution is -2.41. The molecule has 1 aliphatic rings. The van der Waals surface area contributed by atoms with E-state index >= 15 is 0 Å². The maximum Gasteiger partial charge on any atom is 0.222 e. The lowest BCUT2D eigenvalue weighted by atomic mass is 9.97. The van der Waals surface area contributed by atoms with Crippen LogP contribution in [0.5, 0.6) is 5.75 Å². The minimum absolute atomic E-state index is 0.0203. The Balaban J connectivity index is 2.09. The number of benzene rings is 1. The van der Waals surface area contributed by atoms with Crippen molar-refractivity contribution in [1.29, 1.82) is 0 Å². The van der Waals surface area contributed by atoms with Crippen LogP contribution in [0.25, 0.3) is 10.9 Å². The Labute approximate surface area is 109 Å². The van der Waals surface area contributed by atoms with E-state index in [0.29, 0.717) is 11.6 Å². The van der Waals surface area contributed by atoms with E-state index in [1.807, 2.05) is 24.3 Å². The highest BCUT2D eigenvalue weighted by Crippen LogP contribution is 2.32. The predicted molar refractivity (Wildman–Crippen MR) is 68.8 cm³/mol. The van der Waals surface area contributed by atoms with Gasteiger partial charge in [0.2, 0.25) is 5.91 Å². The van der Waals surface area contributed by atoms with Gasteiger partial charge in [-0.1, -0.05) is 11.6 Å². The highest BCUT2D eigenvalue weighted by Gasteiger charge is 2.29. The molecule has 0 radical (unpaired) electrons. The number of hydrogen-bond acceptors (Lipinski definition) is 3. The summed E-state index contributed by atoms with van der Waals surface area (Å²) in [5.41, 5.74) is 1.67. The standard InChI is InChI=1S/C13H11ClN2O2/c1-18-8-2-3-10-7(4-8)5-9(13(14)16-10)11-6-12(17)15-11/h2-5,11H,6H2,1H3,(H,15,17). The van der Waals surface area contributed by atoms with Gasteiger partial charge < -0.3 is 10.1 Å². The van der Waals surface area contributed by atoms with Crippen molar-refractivity contribution in [1.82, 2.24) is 10.3 Å².